The summed E-state index contributed by atoms with van der Waals surface area (Å²) in [7, 11) is -3.34. The van der Waals surface area contributed by atoms with Crippen LogP contribution in [0.2, 0.25) is 0 Å². The number of aromatic nitrogens is 1. The average molecular weight is 388 g/mol. The topological polar surface area (TPSA) is 59.1 Å². The molecule has 0 aliphatic heterocycles. The van der Waals surface area contributed by atoms with Crippen LogP contribution in [0.3, 0.4) is 0 Å². The van der Waals surface area contributed by atoms with Gasteiger partial charge in [-0.15, -0.1) is 0 Å². The summed E-state index contributed by atoms with van der Waals surface area (Å²) in [6, 6.07) is 12.7. The van der Waals surface area contributed by atoms with Gasteiger partial charge in [0.15, 0.2) is 0 Å². The zero-order valence-electron chi connectivity index (χ0n) is 10.1. The van der Waals surface area contributed by atoms with Gasteiger partial charge in [-0.05, 0) is 52.9 Å². The zero-order valence-corrected chi connectivity index (χ0v) is 13.1. The Hall–Kier alpha value is -1.15. The first-order valence-corrected chi connectivity index (χ1v) is 8.44. The normalized spacial score (nSPS) is 11.2. The number of benzene rings is 1. The lowest BCUT2D eigenvalue weighted by atomic mass is 10.3. The van der Waals surface area contributed by atoms with E-state index in [0.717, 1.165) is 9.26 Å². The number of hydrogen-bond donors (Lipinski definition) is 1. The van der Waals surface area contributed by atoms with Crippen LogP contribution in [0.15, 0.2) is 48.7 Å². The van der Waals surface area contributed by atoms with Gasteiger partial charge in [-0.1, -0.05) is 12.1 Å². The predicted octanol–water partition coefficient (Wildman–Crippen LogP) is 2.67. The summed E-state index contributed by atoms with van der Waals surface area (Å²) in [5, 5.41) is 0. The Morgan fingerprint density at radius 1 is 1.16 bits per heavy atom. The van der Waals surface area contributed by atoms with E-state index in [-0.39, 0.29) is 5.75 Å². The summed E-state index contributed by atoms with van der Waals surface area (Å²) >= 11 is 2.14. The molecule has 2 aromatic rings. The molecule has 2 rings (SSSR count). The maximum absolute atomic E-state index is 11.9. The van der Waals surface area contributed by atoms with Gasteiger partial charge in [0.1, 0.15) is 0 Å². The quantitative estimate of drug-likeness (QED) is 0.802. The fourth-order valence-corrected chi connectivity index (χ4v) is 3.18. The van der Waals surface area contributed by atoms with Crippen LogP contribution in [-0.4, -0.2) is 19.2 Å². The van der Waals surface area contributed by atoms with E-state index in [2.05, 4.69) is 32.3 Å². The van der Waals surface area contributed by atoms with Gasteiger partial charge in [0, 0.05) is 27.6 Å². The first kappa shape index (κ1) is 14.3. The Bertz CT molecular complexity index is 645. The fourth-order valence-electron chi connectivity index (χ4n) is 1.57. The highest BCUT2D eigenvalue weighted by Gasteiger charge is 2.11. The van der Waals surface area contributed by atoms with E-state index in [0.29, 0.717) is 12.1 Å². The van der Waals surface area contributed by atoms with Crippen molar-refractivity contribution in [2.75, 3.05) is 10.5 Å². The number of halogens is 1. The summed E-state index contributed by atoms with van der Waals surface area (Å²) in [6.45, 7) is 0. The number of aryl methyl sites for hydroxylation is 1. The molecule has 0 fully saturated rings. The number of hydrogen-bond acceptors (Lipinski definition) is 3. The minimum Gasteiger partial charge on any atom is -0.284 e. The third-order valence-corrected chi connectivity index (χ3v) is 4.41. The summed E-state index contributed by atoms with van der Waals surface area (Å²) in [4.78, 5) is 4.11. The molecular weight excluding hydrogens is 375 g/mol. The highest BCUT2D eigenvalue weighted by molar-refractivity contribution is 14.1. The predicted molar refractivity (Wildman–Crippen MR) is 84.5 cm³/mol. The van der Waals surface area contributed by atoms with Crippen molar-refractivity contribution in [2.24, 2.45) is 0 Å². The summed E-state index contributed by atoms with van der Waals surface area (Å²) in [6.07, 6.45) is 2.06. The van der Waals surface area contributed by atoms with E-state index < -0.39 is 10.0 Å². The fraction of sp³-hybridized carbons (Fsp3) is 0.154. The van der Waals surface area contributed by atoms with Gasteiger partial charge in [-0.2, -0.15) is 0 Å². The standard InChI is InChI=1S/C13H13IN2O2S/c14-11-4-3-6-13(10-11)16-19(17,18)9-7-12-5-1-2-8-15-12/h1-6,8,10,16H,7,9H2. The molecule has 1 aromatic carbocycles. The van der Waals surface area contributed by atoms with Crippen LogP contribution >= 0.6 is 22.6 Å². The van der Waals surface area contributed by atoms with Crippen LogP contribution in [0, 0.1) is 3.57 Å². The summed E-state index contributed by atoms with van der Waals surface area (Å²) in [5.74, 6) is 0.0233. The van der Waals surface area contributed by atoms with Crippen molar-refractivity contribution in [3.8, 4) is 0 Å². The molecule has 4 nitrogen and oxygen atoms in total. The average Bonchev–Trinajstić information content (AvgIpc) is 2.37. The van der Waals surface area contributed by atoms with E-state index in [1.54, 1.807) is 18.3 Å². The minimum absolute atomic E-state index is 0.0233. The SMILES string of the molecule is O=S(=O)(CCc1ccccn1)Nc1cccc(I)c1. The summed E-state index contributed by atoms with van der Waals surface area (Å²) < 4.78 is 27.4. The second-order valence-corrected chi connectivity index (χ2v) is 7.09. The van der Waals surface area contributed by atoms with Crippen LogP contribution in [0.4, 0.5) is 5.69 Å². The molecule has 1 N–H and O–H groups in total. The largest absolute Gasteiger partial charge is 0.284 e. The van der Waals surface area contributed by atoms with Crippen molar-refractivity contribution in [3.05, 3.63) is 57.9 Å². The van der Waals surface area contributed by atoms with E-state index in [1.165, 1.54) is 0 Å². The van der Waals surface area contributed by atoms with E-state index in [4.69, 9.17) is 0 Å². The van der Waals surface area contributed by atoms with Gasteiger partial charge in [0.2, 0.25) is 10.0 Å². The second-order valence-electron chi connectivity index (χ2n) is 4.00. The molecular formula is C13H13IN2O2S. The molecule has 1 heterocycles. The number of nitrogens with zero attached hydrogens (tertiary/aromatic N) is 1. The molecule has 0 aliphatic rings. The Kier molecular flexibility index (Phi) is 4.76. The molecule has 6 heteroatoms. The first-order chi connectivity index (χ1) is 9.05. The maximum atomic E-state index is 11.9. The van der Waals surface area contributed by atoms with Gasteiger partial charge in [0.25, 0.3) is 0 Å². The van der Waals surface area contributed by atoms with Crippen molar-refractivity contribution in [1.29, 1.82) is 0 Å². The lowest BCUT2D eigenvalue weighted by molar-refractivity contribution is 0.600. The number of pyridine rings is 1. The van der Waals surface area contributed by atoms with Crippen molar-refractivity contribution in [2.45, 2.75) is 6.42 Å². The highest BCUT2D eigenvalue weighted by Crippen LogP contribution is 2.14. The molecule has 0 bridgehead atoms. The Balaban J connectivity index is 1.99. The molecule has 0 radical (unpaired) electrons. The third kappa shape index (κ3) is 4.79. The molecule has 0 saturated heterocycles. The lowest BCUT2D eigenvalue weighted by Crippen LogP contribution is -2.18. The van der Waals surface area contributed by atoms with Gasteiger partial charge >= 0.3 is 0 Å². The lowest BCUT2D eigenvalue weighted by Gasteiger charge is -2.08. The minimum atomic E-state index is -3.34. The Labute approximate surface area is 126 Å². The molecule has 0 atom stereocenters. The number of sulfonamides is 1. The molecule has 0 amide bonds. The van der Waals surface area contributed by atoms with Gasteiger partial charge in [0.05, 0.1) is 5.75 Å². The van der Waals surface area contributed by atoms with Gasteiger partial charge in [-0.25, -0.2) is 8.42 Å². The first-order valence-electron chi connectivity index (χ1n) is 5.71. The van der Waals surface area contributed by atoms with Crippen molar-refractivity contribution in [3.63, 3.8) is 0 Å². The third-order valence-electron chi connectivity index (χ3n) is 2.45. The van der Waals surface area contributed by atoms with Crippen molar-refractivity contribution < 1.29 is 8.42 Å². The highest BCUT2D eigenvalue weighted by atomic mass is 127. The van der Waals surface area contributed by atoms with E-state index in [9.17, 15) is 8.42 Å². The Morgan fingerprint density at radius 3 is 2.68 bits per heavy atom. The van der Waals surface area contributed by atoms with Crippen LogP contribution in [0.5, 0.6) is 0 Å². The smallest absolute Gasteiger partial charge is 0.233 e. The zero-order chi connectivity index (χ0) is 13.7. The molecule has 0 spiro atoms. The second kappa shape index (κ2) is 6.33. The molecule has 0 aliphatic carbocycles. The summed E-state index contributed by atoms with van der Waals surface area (Å²) in [5.41, 5.74) is 1.36. The van der Waals surface area contributed by atoms with E-state index >= 15 is 0 Å². The van der Waals surface area contributed by atoms with Gasteiger partial charge in [-0.3, -0.25) is 9.71 Å². The number of nitrogens with one attached hydrogen (secondary N) is 1. The molecule has 100 valence electrons. The molecule has 0 unspecified atom stereocenters. The van der Waals surface area contributed by atoms with Crippen LogP contribution in [0.25, 0.3) is 0 Å². The number of rotatable bonds is 5. The molecule has 19 heavy (non-hydrogen) atoms. The van der Waals surface area contributed by atoms with Crippen molar-refractivity contribution >= 4 is 38.3 Å². The van der Waals surface area contributed by atoms with Crippen LogP contribution in [0.1, 0.15) is 5.69 Å². The number of anilines is 1. The monoisotopic (exact) mass is 388 g/mol. The van der Waals surface area contributed by atoms with E-state index in [1.807, 2.05) is 30.3 Å². The maximum Gasteiger partial charge on any atom is 0.233 e. The molecule has 1 aromatic heterocycles. The van der Waals surface area contributed by atoms with Gasteiger partial charge < -0.3 is 0 Å². The van der Waals surface area contributed by atoms with Crippen LogP contribution < -0.4 is 4.72 Å². The molecule has 0 saturated carbocycles. The Morgan fingerprint density at radius 2 is 2.00 bits per heavy atom. The van der Waals surface area contributed by atoms with Crippen LogP contribution in [-0.2, 0) is 16.4 Å². The van der Waals surface area contributed by atoms with Crippen molar-refractivity contribution in [1.82, 2.24) is 4.98 Å².